The molecule has 0 aliphatic rings. The van der Waals surface area contributed by atoms with Gasteiger partial charge in [-0.1, -0.05) is 97.1 Å². The van der Waals surface area contributed by atoms with Crippen molar-refractivity contribution in [2.45, 2.75) is 31.8 Å². The molecule has 7 heteroatoms. The van der Waals surface area contributed by atoms with Gasteiger partial charge in [-0.25, -0.2) is 4.79 Å². The Bertz CT molecular complexity index is 1350. The van der Waals surface area contributed by atoms with Crippen LogP contribution in [-0.4, -0.2) is 30.1 Å². The number of methoxy groups -OCH3 is 1. The topological polar surface area (TPSA) is 94.1 Å². The second-order valence-electron chi connectivity index (χ2n) is 8.96. The van der Waals surface area contributed by atoms with E-state index in [4.69, 9.17) is 14.2 Å². The summed E-state index contributed by atoms with van der Waals surface area (Å²) in [6.45, 7) is 0.672. The molecule has 0 radical (unpaired) electrons. The molecule has 1 amide bonds. The number of amides is 1. The second-order valence-corrected chi connectivity index (χ2v) is 8.96. The van der Waals surface area contributed by atoms with Crippen LogP contribution in [0.25, 0.3) is 0 Å². The Kier molecular flexibility index (Phi) is 9.69. The average Bonchev–Trinajstić information content (AvgIpc) is 2.97. The monoisotopic (exact) mass is 525 g/mol. The first-order chi connectivity index (χ1) is 19.0. The summed E-state index contributed by atoms with van der Waals surface area (Å²) in [6, 6.07) is 32.6. The Morgan fingerprint density at radius 3 is 1.79 bits per heavy atom. The zero-order valence-electron chi connectivity index (χ0n) is 21.7. The van der Waals surface area contributed by atoms with Crippen LogP contribution in [0, 0.1) is 0 Å². The highest BCUT2D eigenvalue weighted by atomic mass is 16.5. The van der Waals surface area contributed by atoms with E-state index in [0.717, 1.165) is 11.1 Å². The van der Waals surface area contributed by atoms with Gasteiger partial charge in [0.15, 0.2) is 17.6 Å². The molecule has 7 nitrogen and oxygen atoms in total. The molecule has 200 valence electrons. The van der Waals surface area contributed by atoms with Crippen LogP contribution in [0.1, 0.15) is 28.4 Å². The van der Waals surface area contributed by atoms with E-state index in [2.05, 4.69) is 5.32 Å². The van der Waals surface area contributed by atoms with Gasteiger partial charge in [-0.3, -0.25) is 4.79 Å². The molecular formula is C32H31NO6. The summed E-state index contributed by atoms with van der Waals surface area (Å²) in [5, 5.41) is 12.5. The van der Waals surface area contributed by atoms with Crippen LogP contribution in [-0.2, 0) is 34.0 Å². The molecule has 0 saturated carbocycles. The fourth-order valence-electron chi connectivity index (χ4n) is 4.09. The lowest BCUT2D eigenvalue weighted by atomic mass is 10.0. The van der Waals surface area contributed by atoms with Crippen molar-refractivity contribution in [2.75, 3.05) is 7.11 Å². The molecule has 4 aromatic rings. The summed E-state index contributed by atoms with van der Waals surface area (Å²) in [6.07, 6.45) is -0.876. The molecule has 0 aliphatic heterocycles. The Hall–Kier alpha value is -4.62. The normalized spacial score (nSPS) is 12.2. The summed E-state index contributed by atoms with van der Waals surface area (Å²) >= 11 is 0. The van der Waals surface area contributed by atoms with Gasteiger partial charge in [-0.05, 0) is 34.4 Å². The molecule has 2 atom stereocenters. The highest BCUT2D eigenvalue weighted by Gasteiger charge is 2.27. The van der Waals surface area contributed by atoms with Gasteiger partial charge in [0.1, 0.15) is 19.3 Å². The van der Waals surface area contributed by atoms with Gasteiger partial charge in [0, 0.05) is 13.5 Å². The number of ether oxygens (including phenoxy) is 3. The van der Waals surface area contributed by atoms with Gasteiger partial charge < -0.3 is 24.6 Å². The predicted octanol–water partition coefficient (Wildman–Crippen LogP) is 5.34. The van der Waals surface area contributed by atoms with Crippen LogP contribution in [0.3, 0.4) is 0 Å². The van der Waals surface area contributed by atoms with Gasteiger partial charge in [-0.15, -0.1) is 0 Å². The van der Waals surface area contributed by atoms with E-state index in [1.54, 1.807) is 42.5 Å². The van der Waals surface area contributed by atoms with Crippen molar-refractivity contribution >= 4 is 11.9 Å². The highest BCUT2D eigenvalue weighted by molar-refractivity contribution is 5.87. The molecule has 0 saturated heterocycles. The fraction of sp³-hybridized carbons (Fsp3) is 0.188. The maximum Gasteiger partial charge on any atom is 0.326 e. The van der Waals surface area contributed by atoms with Crippen LogP contribution in [0.4, 0.5) is 0 Å². The van der Waals surface area contributed by atoms with E-state index >= 15 is 0 Å². The number of hydrogen-bond acceptors (Lipinski definition) is 5. The summed E-state index contributed by atoms with van der Waals surface area (Å²) in [5.74, 6) is -0.651. The van der Waals surface area contributed by atoms with Gasteiger partial charge in [0.25, 0.3) is 5.91 Å². The van der Waals surface area contributed by atoms with Gasteiger partial charge in [0.2, 0.25) is 0 Å². The van der Waals surface area contributed by atoms with Crippen molar-refractivity contribution < 1.29 is 28.9 Å². The van der Waals surface area contributed by atoms with Crippen molar-refractivity contribution in [3.05, 3.63) is 131 Å². The molecule has 0 bridgehead atoms. The standard InChI is InChI=1S/C32H31NO6/c1-37-30(26-15-9-4-10-16-26)31(34)33-27(32(35)36)19-25-17-18-28(38-21-23-11-5-2-6-12-23)29(20-25)39-22-24-13-7-3-8-14-24/h2-18,20,27,30H,19,21-22H2,1H3,(H,33,34)(H,35,36)/t27-,30+/m1/s1. The quantitative estimate of drug-likeness (QED) is 0.245. The average molecular weight is 526 g/mol. The third-order valence-corrected chi connectivity index (χ3v) is 6.11. The van der Waals surface area contributed by atoms with Crippen molar-refractivity contribution in [3.8, 4) is 11.5 Å². The van der Waals surface area contributed by atoms with Gasteiger partial charge in [-0.2, -0.15) is 0 Å². The lowest BCUT2D eigenvalue weighted by Crippen LogP contribution is -2.44. The Morgan fingerprint density at radius 2 is 1.26 bits per heavy atom. The SMILES string of the molecule is CO[C@H](C(=O)N[C@H](Cc1ccc(OCc2ccccc2)c(OCc2ccccc2)c1)C(=O)O)c1ccccc1. The lowest BCUT2D eigenvalue weighted by Gasteiger charge is -2.20. The second kappa shape index (κ2) is 13.8. The smallest absolute Gasteiger partial charge is 0.326 e. The third-order valence-electron chi connectivity index (χ3n) is 6.11. The van der Waals surface area contributed by atoms with E-state index in [1.165, 1.54) is 7.11 Å². The predicted molar refractivity (Wildman–Crippen MR) is 147 cm³/mol. The summed E-state index contributed by atoms with van der Waals surface area (Å²) in [4.78, 5) is 25.0. The molecule has 0 aromatic heterocycles. The molecular weight excluding hydrogens is 494 g/mol. The van der Waals surface area contributed by atoms with E-state index < -0.39 is 24.0 Å². The number of carboxylic acid groups (broad SMARTS) is 1. The molecule has 0 unspecified atom stereocenters. The molecule has 39 heavy (non-hydrogen) atoms. The first-order valence-corrected chi connectivity index (χ1v) is 12.6. The molecule has 4 rings (SSSR count). The van der Waals surface area contributed by atoms with E-state index in [0.29, 0.717) is 35.8 Å². The largest absolute Gasteiger partial charge is 0.485 e. The number of rotatable bonds is 13. The number of benzene rings is 4. The minimum Gasteiger partial charge on any atom is -0.485 e. The summed E-state index contributed by atoms with van der Waals surface area (Å²) < 4.78 is 17.5. The number of nitrogens with one attached hydrogen (secondary N) is 1. The van der Waals surface area contributed by atoms with Crippen molar-refractivity contribution in [3.63, 3.8) is 0 Å². The Morgan fingerprint density at radius 1 is 0.718 bits per heavy atom. The number of carbonyl (C=O) groups is 2. The minimum absolute atomic E-state index is 0.0486. The zero-order chi connectivity index (χ0) is 27.5. The maximum absolute atomic E-state index is 12.9. The number of hydrogen-bond donors (Lipinski definition) is 2. The summed E-state index contributed by atoms with van der Waals surface area (Å²) in [7, 11) is 1.41. The van der Waals surface area contributed by atoms with Crippen LogP contribution in [0.15, 0.2) is 109 Å². The first kappa shape index (κ1) is 27.4. The molecule has 0 spiro atoms. The van der Waals surface area contributed by atoms with E-state index in [-0.39, 0.29) is 6.42 Å². The molecule has 0 heterocycles. The van der Waals surface area contributed by atoms with Crippen molar-refractivity contribution in [1.82, 2.24) is 5.32 Å². The van der Waals surface area contributed by atoms with Crippen molar-refractivity contribution in [1.29, 1.82) is 0 Å². The van der Waals surface area contributed by atoms with Gasteiger partial charge >= 0.3 is 5.97 Å². The van der Waals surface area contributed by atoms with Crippen molar-refractivity contribution in [2.24, 2.45) is 0 Å². The van der Waals surface area contributed by atoms with Crippen LogP contribution in [0.2, 0.25) is 0 Å². The maximum atomic E-state index is 12.9. The first-order valence-electron chi connectivity index (χ1n) is 12.6. The lowest BCUT2D eigenvalue weighted by molar-refractivity contribution is -0.144. The number of carboxylic acids is 1. The molecule has 0 fully saturated rings. The highest BCUT2D eigenvalue weighted by Crippen LogP contribution is 2.31. The van der Waals surface area contributed by atoms with Crippen LogP contribution in [0.5, 0.6) is 11.5 Å². The zero-order valence-corrected chi connectivity index (χ0v) is 21.7. The van der Waals surface area contributed by atoms with Gasteiger partial charge in [0.05, 0.1) is 0 Å². The molecule has 2 N–H and O–H groups in total. The minimum atomic E-state index is -1.17. The number of aliphatic carboxylic acids is 1. The third kappa shape index (κ3) is 7.93. The summed E-state index contributed by atoms with van der Waals surface area (Å²) in [5.41, 5.74) is 3.30. The van der Waals surface area contributed by atoms with E-state index in [1.807, 2.05) is 66.7 Å². The number of carbonyl (C=O) groups excluding carboxylic acids is 1. The van der Waals surface area contributed by atoms with Crippen LogP contribution >= 0.6 is 0 Å². The van der Waals surface area contributed by atoms with E-state index in [9.17, 15) is 14.7 Å². The molecule has 4 aromatic carbocycles. The Labute approximate surface area is 228 Å². The molecule has 0 aliphatic carbocycles. The Balaban J connectivity index is 1.51. The fourth-order valence-corrected chi connectivity index (χ4v) is 4.09. The van der Waals surface area contributed by atoms with Crippen LogP contribution < -0.4 is 14.8 Å².